The molecule has 0 aliphatic heterocycles. The Balaban J connectivity index is 2.09. The highest BCUT2D eigenvalue weighted by Gasteiger charge is 2.04. The van der Waals surface area contributed by atoms with Crippen molar-refractivity contribution < 1.29 is 9.84 Å². The third-order valence-corrected chi connectivity index (χ3v) is 3.24. The SMILES string of the molecule is CSCCCNCC(O)COc1ccc(C)cc1. The predicted molar refractivity (Wildman–Crippen MR) is 78.5 cm³/mol. The third-order valence-electron chi connectivity index (χ3n) is 2.55. The summed E-state index contributed by atoms with van der Waals surface area (Å²) in [5.41, 5.74) is 1.21. The van der Waals surface area contributed by atoms with Crippen LogP contribution in [0.2, 0.25) is 0 Å². The molecule has 4 heteroatoms. The molecule has 1 aromatic carbocycles. The zero-order valence-electron chi connectivity index (χ0n) is 11.2. The molecule has 0 spiro atoms. The van der Waals surface area contributed by atoms with Crippen LogP contribution in [0, 0.1) is 6.92 Å². The van der Waals surface area contributed by atoms with Crippen LogP contribution in [0.4, 0.5) is 0 Å². The van der Waals surface area contributed by atoms with Crippen LogP contribution in [0.5, 0.6) is 5.75 Å². The average Bonchev–Trinajstić information content (AvgIpc) is 2.38. The van der Waals surface area contributed by atoms with E-state index < -0.39 is 6.10 Å². The molecule has 0 bridgehead atoms. The van der Waals surface area contributed by atoms with Crippen LogP contribution < -0.4 is 10.1 Å². The van der Waals surface area contributed by atoms with E-state index in [9.17, 15) is 5.11 Å². The van der Waals surface area contributed by atoms with Gasteiger partial charge in [0.05, 0.1) is 0 Å². The van der Waals surface area contributed by atoms with Crippen molar-refractivity contribution in [2.75, 3.05) is 31.7 Å². The molecule has 0 amide bonds. The Hall–Kier alpha value is -0.710. The van der Waals surface area contributed by atoms with Gasteiger partial charge in [-0.2, -0.15) is 11.8 Å². The number of rotatable bonds is 9. The molecule has 0 saturated carbocycles. The molecule has 0 aliphatic rings. The quantitative estimate of drug-likeness (QED) is 0.674. The van der Waals surface area contributed by atoms with E-state index in [4.69, 9.17) is 4.74 Å². The number of benzene rings is 1. The van der Waals surface area contributed by atoms with Gasteiger partial charge >= 0.3 is 0 Å². The van der Waals surface area contributed by atoms with E-state index in [2.05, 4.69) is 11.6 Å². The summed E-state index contributed by atoms with van der Waals surface area (Å²) < 4.78 is 5.51. The number of hydrogen-bond acceptors (Lipinski definition) is 4. The molecule has 1 aromatic rings. The largest absolute Gasteiger partial charge is 0.491 e. The predicted octanol–water partition coefficient (Wildman–Crippen LogP) is 2.08. The van der Waals surface area contributed by atoms with Crippen molar-refractivity contribution in [3.8, 4) is 5.75 Å². The van der Waals surface area contributed by atoms with Crippen molar-refractivity contribution in [1.29, 1.82) is 0 Å². The molecule has 0 aromatic heterocycles. The second kappa shape index (κ2) is 9.25. The number of aliphatic hydroxyl groups excluding tert-OH is 1. The van der Waals surface area contributed by atoms with Gasteiger partial charge < -0.3 is 15.2 Å². The van der Waals surface area contributed by atoms with Crippen molar-refractivity contribution in [2.45, 2.75) is 19.4 Å². The van der Waals surface area contributed by atoms with Gasteiger partial charge in [-0.25, -0.2) is 0 Å². The van der Waals surface area contributed by atoms with Crippen molar-refractivity contribution >= 4 is 11.8 Å². The van der Waals surface area contributed by atoms with Crippen LogP contribution in [0.3, 0.4) is 0 Å². The van der Waals surface area contributed by atoms with E-state index in [0.29, 0.717) is 13.2 Å². The maximum absolute atomic E-state index is 9.73. The lowest BCUT2D eigenvalue weighted by Crippen LogP contribution is -2.32. The summed E-state index contributed by atoms with van der Waals surface area (Å²) in [4.78, 5) is 0. The van der Waals surface area contributed by atoms with Gasteiger partial charge in [0.15, 0.2) is 0 Å². The first-order chi connectivity index (χ1) is 8.72. The van der Waals surface area contributed by atoms with Gasteiger partial charge in [0.25, 0.3) is 0 Å². The summed E-state index contributed by atoms with van der Waals surface area (Å²) in [5, 5.41) is 13.0. The minimum atomic E-state index is -0.458. The van der Waals surface area contributed by atoms with Crippen LogP contribution in [0.15, 0.2) is 24.3 Å². The number of hydrogen-bond donors (Lipinski definition) is 2. The number of nitrogens with one attached hydrogen (secondary N) is 1. The van der Waals surface area contributed by atoms with Crippen LogP contribution in [-0.4, -0.2) is 42.9 Å². The molecule has 0 saturated heterocycles. The van der Waals surface area contributed by atoms with Crippen LogP contribution in [0.1, 0.15) is 12.0 Å². The maximum Gasteiger partial charge on any atom is 0.119 e. The lowest BCUT2D eigenvalue weighted by molar-refractivity contribution is 0.106. The van der Waals surface area contributed by atoms with E-state index in [0.717, 1.165) is 24.5 Å². The average molecular weight is 269 g/mol. The highest BCUT2D eigenvalue weighted by Crippen LogP contribution is 2.11. The fourth-order valence-electron chi connectivity index (χ4n) is 1.50. The lowest BCUT2D eigenvalue weighted by Gasteiger charge is -2.13. The first-order valence-electron chi connectivity index (χ1n) is 6.29. The number of aliphatic hydroxyl groups is 1. The van der Waals surface area contributed by atoms with Gasteiger partial charge in [0, 0.05) is 6.54 Å². The first-order valence-corrected chi connectivity index (χ1v) is 7.69. The highest BCUT2D eigenvalue weighted by molar-refractivity contribution is 7.98. The molecule has 0 fully saturated rings. The zero-order valence-corrected chi connectivity index (χ0v) is 12.0. The van der Waals surface area contributed by atoms with Gasteiger partial charge in [-0.3, -0.25) is 0 Å². The van der Waals surface area contributed by atoms with Gasteiger partial charge in [-0.05, 0) is 44.0 Å². The van der Waals surface area contributed by atoms with Crippen molar-refractivity contribution in [2.24, 2.45) is 0 Å². The molecule has 3 nitrogen and oxygen atoms in total. The fraction of sp³-hybridized carbons (Fsp3) is 0.571. The van der Waals surface area contributed by atoms with Crippen molar-refractivity contribution in [1.82, 2.24) is 5.32 Å². The molecule has 0 heterocycles. The zero-order chi connectivity index (χ0) is 13.2. The van der Waals surface area contributed by atoms with Gasteiger partial charge in [0.2, 0.25) is 0 Å². The third kappa shape index (κ3) is 6.89. The van der Waals surface area contributed by atoms with E-state index in [1.807, 2.05) is 43.0 Å². The van der Waals surface area contributed by atoms with Gasteiger partial charge in [0.1, 0.15) is 18.5 Å². The molecule has 0 radical (unpaired) electrons. The molecular weight excluding hydrogens is 246 g/mol. The molecule has 18 heavy (non-hydrogen) atoms. The summed E-state index contributed by atoms with van der Waals surface area (Å²) in [6.07, 6.45) is 2.78. The lowest BCUT2D eigenvalue weighted by atomic mass is 10.2. The minimum absolute atomic E-state index is 0.332. The molecule has 1 unspecified atom stereocenters. The second-order valence-corrected chi connectivity index (χ2v) is 5.31. The summed E-state index contributed by atoms with van der Waals surface area (Å²) in [7, 11) is 0. The minimum Gasteiger partial charge on any atom is -0.491 e. The number of aryl methyl sites for hydroxylation is 1. The molecule has 0 aliphatic carbocycles. The Kier molecular flexibility index (Phi) is 7.89. The Morgan fingerprint density at radius 1 is 1.33 bits per heavy atom. The van der Waals surface area contributed by atoms with Crippen LogP contribution in [0.25, 0.3) is 0 Å². The van der Waals surface area contributed by atoms with Crippen molar-refractivity contribution in [3.63, 3.8) is 0 Å². The summed E-state index contributed by atoms with van der Waals surface area (Å²) in [6.45, 7) is 3.90. The summed E-state index contributed by atoms with van der Waals surface area (Å²) in [6, 6.07) is 7.85. The van der Waals surface area contributed by atoms with Crippen LogP contribution >= 0.6 is 11.8 Å². The Labute approximate surface area is 114 Å². The molecule has 1 atom stereocenters. The number of thioether (sulfide) groups is 1. The van der Waals surface area contributed by atoms with Crippen molar-refractivity contribution in [3.05, 3.63) is 29.8 Å². The normalized spacial score (nSPS) is 12.4. The summed E-state index contributed by atoms with van der Waals surface area (Å²) >= 11 is 1.84. The number of ether oxygens (including phenoxy) is 1. The van der Waals surface area contributed by atoms with E-state index in [1.165, 1.54) is 5.56 Å². The summed E-state index contributed by atoms with van der Waals surface area (Å²) in [5.74, 6) is 1.96. The Morgan fingerprint density at radius 3 is 2.72 bits per heavy atom. The molecule has 102 valence electrons. The highest BCUT2D eigenvalue weighted by atomic mass is 32.2. The van der Waals surface area contributed by atoms with Gasteiger partial charge in [-0.1, -0.05) is 17.7 Å². The first kappa shape index (κ1) is 15.3. The standard InChI is InChI=1S/C14H23NO2S/c1-12-4-6-14(7-5-12)17-11-13(16)10-15-8-3-9-18-2/h4-7,13,15-16H,3,8-11H2,1-2H3. The van der Waals surface area contributed by atoms with E-state index >= 15 is 0 Å². The molecule has 1 rings (SSSR count). The van der Waals surface area contributed by atoms with E-state index in [-0.39, 0.29) is 0 Å². The molecule has 2 N–H and O–H groups in total. The Morgan fingerprint density at radius 2 is 2.06 bits per heavy atom. The van der Waals surface area contributed by atoms with Gasteiger partial charge in [-0.15, -0.1) is 0 Å². The van der Waals surface area contributed by atoms with Crippen LogP contribution in [-0.2, 0) is 0 Å². The monoisotopic (exact) mass is 269 g/mol. The topological polar surface area (TPSA) is 41.5 Å². The second-order valence-electron chi connectivity index (χ2n) is 4.33. The maximum atomic E-state index is 9.73. The van der Waals surface area contributed by atoms with E-state index in [1.54, 1.807) is 0 Å². The molecular formula is C14H23NO2S. The fourth-order valence-corrected chi connectivity index (χ4v) is 1.93. The Bertz CT molecular complexity index is 316. The smallest absolute Gasteiger partial charge is 0.119 e.